The Morgan fingerprint density at radius 1 is 0.929 bits per heavy atom. The number of piperazine rings is 1. The summed E-state index contributed by atoms with van der Waals surface area (Å²) in [6, 6.07) is 15.9. The van der Waals surface area contributed by atoms with Crippen LogP contribution in [0.1, 0.15) is 36.0 Å². The molecule has 1 amide bonds. The molecule has 2 aromatic carbocycles. The van der Waals surface area contributed by atoms with Gasteiger partial charge in [0.1, 0.15) is 0 Å². The smallest absolute Gasteiger partial charge is 0.254 e. The maximum Gasteiger partial charge on any atom is 0.254 e. The molecule has 5 nitrogen and oxygen atoms in total. The molecule has 0 N–H and O–H groups in total. The number of para-hydroxylation sites is 1. The summed E-state index contributed by atoms with van der Waals surface area (Å²) < 4.78 is 11.6. The third kappa shape index (κ3) is 4.08. The lowest BCUT2D eigenvalue weighted by molar-refractivity contribution is 0.0746. The van der Waals surface area contributed by atoms with Gasteiger partial charge < -0.3 is 19.3 Å². The maximum absolute atomic E-state index is 13.0. The van der Waals surface area contributed by atoms with E-state index in [4.69, 9.17) is 9.47 Å². The van der Waals surface area contributed by atoms with Crippen LogP contribution in [0.4, 0.5) is 5.69 Å². The third-order valence-corrected chi connectivity index (χ3v) is 5.69. The number of nitrogens with zero attached hydrogens (tertiary/aromatic N) is 2. The van der Waals surface area contributed by atoms with Crippen LogP contribution in [-0.4, -0.2) is 50.2 Å². The van der Waals surface area contributed by atoms with Crippen molar-refractivity contribution in [3.8, 4) is 11.5 Å². The van der Waals surface area contributed by atoms with Crippen molar-refractivity contribution in [3.05, 3.63) is 54.1 Å². The van der Waals surface area contributed by atoms with Gasteiger partial charge in [0, 0.05) is 37.4 Å². The molecule has 1 heterocycles. The van der Waals surface area contributed by atoms with E-state index in [1.807, 2.05) is 41.3 Å². The molecule has 0 radical (unpaired) electrons. The van der Waals surface area contributed by atoms with Crippen molar-refractivity contribution in [2.45, 2.75) is 31.8 Å². The SMILES string of the molecule is COc1cc(C(=O)N2CCN(c3ccccc3)CC2)ccc1OC1CCCC1. The summed E-state index contributed by atoms with van der Waals surface area (Å²) in [6.07, 6.45) is 4.89. The average molecular weight is 380 g/mol. The quantitative estimate of drug-likeness (QED) is 0.787. The van der Waals surface area contributed by atoms with E-state index in [0.717, 1.165) is 44.8 Å². The molecule has 0 aromatic heterocycles. The molecular formula is C23H28N2O3. The van der Waals surface area contributed by atoms with Crippen LogP contribution in [0.3, 0.4) is 0 Å². The Kier molecular flexibility index (Phi) is 5.70. The van der Waals surface area contributed by atoms with E-state index < -0.39 is 0 Å². The Morgan fingerprint density at radius 3 is 2.32 bits per heavy atom. The minimum Gasteiger partial charge on any atom is -0.493 e. The van der Waals surface area contributed by atoms with Crippen molar-refractivity contribution < 1.29 is 14.3 Å². The molecular weight excluding hydrogens is 352 g/mol. The highest BCUT2D eigenvalue weighted by Gasteiger charge is 2.24. The Bertz CT molecular complexity index is 795. The first-order chi connectivity index (χ1) is 13.7. The number of amides is 1. The van der Waals surface area contributed by atoms with Crippen molar-refractivity contribution in [2.75, 3.05) is 38.2 Å². The zero-order valence-corrected chi connectivity index (χ0v) is 16.5. The van der Waals surface area contributed by atoms with Gasteiger partial charge in [-0.05, 0) is 56.0 Å². The highest BCUT2D eigenvalue weighted by atomic mass is 16.5. The van der Waals surface area contributed by atoms with Gasteiger partial charge in [0.2, 0.25) is 0 Å². The number of benzene rings is 2. The number of anilines is 1. The molecule has 1 saturated carbocycles. The van der Waals surface area contributed by atoms with Gasteiger partial charge in [-0.3, -0.25) is 4.79 Å². The molecule has 4 rings (SSSR count). The molecule has 2 aromatic rings. The number of hydrogen-bond donors (Lipinski definition) is 0. The molecule has 1 aliphatic carbocycles. The fraction of sp³-hybridized carbons (Fsp3) is 0.435. The van der Waals surface area contributed by atoms with E-state index >= 15 is 0 Å². The second-order valence-corrected chi connectivity index (χ2v) is 7.50. The van der Waals surface area contributed by atoms with Crippen LogP contribution in [0.25, 0.3) is 0 Å². The number of ether oxygens (including phenoxy) is 2. The first-order valence-corrected chi connectivity index (χ1v) is 10.2. The first-order valence-electron chi connectivity index (χ1n) is 10.2. The van der Waals surface area contributed by atoms with Gasteiger partial charge in [-0.2, -0.15) is 0 Å². The van der Waals surface area contributed by atoms with Crippen LogP contribution in [0.2, 0.25) is 0 Å². The van der Waals surface area contributed by atoms with Crippen molar-refractivity contribution in [3.63, 3.8) is 0 Å². The topological polar surface area (TPSA) is 42.0 Å². The summed E-state index contributed by atoms with van der Waals surface area (Å²) in [6.45, 7) is 3.12. The molecule has 0 bridgehead atoms. The van der Waals surface area contributed by atoms with Crippen molar-refractivity contribution in [1.82, 2.24) is 4.90 Å². The largest absolute Gasteiger partial charge is 0.493 e. The second-order valence-electron chi connectivity index (χ2n) is 7.50. The molecule has 1 aliphatic heterocycles. The van der Waals surface area contributed by atoms with Crippen LogP contribution < -0.4 is 14.4 Å². The van der Waals surface area contributed by atoms with Crippen molar-refractivity contribution in [1.29, 1.82) is 0 Å². The van der Waals surface area contributed by atoms with E-state index in [0.29, 0.717) is 11.3 Å². The summed E-state index contributed by atoms with van der Waals surface area (Å²) in [5.74, 6) is 1.43. The predicted molar refractivity (Wildman–Crippen MR) is 110 cm³/mol. The van der Waals surface area contributed by atoms with Gasteiger partial charge >= 0.3 is 0 Å². The molecule has 1 saturated heterocycles. The zero-order valence-electron chi connectivity index (χ0n) is 16.5. The molecule has 148 valence electrons. The zero-order chi connectivity index (χ0) is 19.3. The minimum absolute atomic E-state index is 0.0541. The van der Waals surface area contributed by atoms with Crippen LogP contribution in [0, 0.1) is 0 Å². The molecule has 2 fully saturated rings. The molecule has 0 unspecified atom stereocenters. The molecule has 28 heavy (non-hydrogen) atoms. The summed E-state index contributed by atoms with van der Waals surface area (Å²) >= 11 is 0. The molecule has 2 aliphatic rings. The average Bonchev–Trinajstić information content (AvgIpc) is 3.27. The lowest BCUT2D eigenvalue weighted by atomic mass is 10.1. The van der Waals surface area contributed by atoms with Gasteiger partial charge in [-0.1, -0.05) is 18.2 Å². The fourth-order valence-electron chi connectivity index (χ4n) is 4.07. The van der Waals surface area contributed by atoms with Crippen LogP contribution >= 0.6 is 0 Å². The van der Waals surface area contributed by atoms with E-state index in [1.54, 1.807) is 7.11 Å². The van der Waals surface area contributed by atoms with Crippen molar-refractivity contribution in [2.24, 2.45) is 0 Å². The van der Waals surface area contributed by atoms with Crippen LogP contribution in [0.5, 0.6) is 11.5 Å². The standard InChI is InChI=1S/C23H28N2O3/c1-27-22-17-18(11-12-21(22)28-20-9-5-6-10-20)23(26)25-15-13-24(14-16-25)19-7-3-2-4-8-19/h2-4,7-8,11-12,17,20H,5-6,9-10,13-16H2,1H3. The highest BCUT2D eigenvalue weighted by molar-refractivity contribution is 5.95. The monoisotopic (exact) mass is 380 g/mol. The normalized spacial score (nSPS) is 17.6. The Balaban J connectivity index is 1.40. The molecule has 0 spiro atoms. The highest BCUT2D eigenvalue weighted by Crippen LogP contribution is 2.32. The van der Waals surface area contributed by atoms with Gasteiger partial charge in [-0.15, -0.1) is 0 Å². The first kappa shape index (κ1) is 18.7. The van der Waals surface area contributed by atoms with Crippen LogP contribution in [0.15, 0.2) is 48.5 Å². The number of hydrogen-bond acceptors (Lipinski definition) is 4. The van der Waals surface area contributed by atoms with Gasteiger partial charge in [-0.25, -0.2) is 0 Å². The van der Waals surface area contributed by atoms with Crippen LogP contribution in [-0.2, 0) is 0 Å². The van der Waals surface area contributed by atoms with Gasteiger partial charge in [0.25, 0.3) is 5.91 Å². The fourth-order valence-corrected chi connectivity index (χ4v) is 4.07. The lowest BCUT2D eigenvalue weighted by Crippen LogP contribution is -2.48. The van der Waals surface area contributed by atoms with E-state index in [2.05, 4.69) is 17.0 Å². The number of carbonyl (C=O) groups excluding carboxylic acids is 1. The van der Waals surface area contributed by atoms with Crippen molar-refractivity contribution >= 4 is 11.6 Å². The Morgan fingerprint density at radius 2 is 1.64 bits per heavy atom. The third-order valence-electron chi connectivity index (χ3n) is 5.69. The van der Waals surface area contributed by atoms with Gasteiger partial charge in [0.05, 0.1) is 13.2 Å². The van der Waals surface area contributed by atoms with Gasteiger partial charge in [0.15, 0.2) is 11.5 Å². The predicted octanol–water partition coefficient (Wildman–Crippen LogP) is 3.98. The van der Waals surface area contributed by atoms with E-state index in [-0.39, 0.29) is 12.0 Å². The lowest BCUT2D eigenvalue weighted by Gasteiger charge is -2.36. The van der Waals surface area contributed by atoms with E-state index in [9.17, 15) is 4.79 Å². The summed E-state index contributed by atoms with van der Waals surface area (Å²) in [7, 11) is 1.63. The second kappa shape index (κ2) is 8.55. The maximum atomic E-state index is 13.0. The number of methoxy groups -OCH3 is 1. The molecule has 0 atom stereocenters. The summed E-state index contributed by atoms with van der Waals surface area (Å²) in [5, 5.41) is 0. The summed E-state index contributed by atoms with van der Waals surface area (Å²) in [5.41, 5.74) is 1.87. The molecule has 5 heteroatoms. The number of rotatable bonds is 5. The Hall–Kier alpha value is -2.69. The number of carbonyl (C=O) groups is 1. The van der Waals surface area contributed by atoms with E-state index in [1.165, 1.54) is 18.5 Å². The Labute approximate surface area is 166 Å². The minimum atomic E-state index is 0.0541. The summed E-state index contributed by atoms with van der Waals surface area (Å²) in [4.78, 5) is 17.2.